The largest absolute Gasteiger partial charge is 0.494 e. The molecule has 4 nitrogen and oxygen atoms in total. The fourth-order valence-corrected chi connectivity index (χ4v) is 2.51. The van der Waals surface area contributed by atoms with Crippen LogP contribution in [0.4, 0.5) is 0 Å². The van der Waals surface area contributed by atoms with E-state index in [9.17, 15) is 8.42 Å². The van der Waals surface area contributed by atoms with Gasteiger partial charge in [-0.25, -0.2) is 13.6 Å². The van der Waals surface area contributed by atoms with E-state index in [1.165, 1.54) is 18.4 Å². The molecule has 1 aromatic carbocycles. The third-order valence-corrected chi connectivity index (χ3v) is 3.94. The van der Waals surface area contributed by atoms with Crippen molar-refractivity contribution in [2.24, 2.45) is 5.14 Å². The average molecular weight is 299 g/mol. The Kier molecular flexibility index (Phi) is 7.62. The molecule has 0 bridgehead atoms. The topological polar surface area (TPSA) is 69.4 Å². The van der Waals surface area contributed by atoms with Gasteiger partial charge in [-0.2, -0.15) is 0 Å². The first-order valence-corrected chi connectivity index (χ1v) is 8.95. The molecule has 0 spiro atoms. The predicted molar refractivity (Wildman–Crippen MR) is 82.4 cm³/mol. The van der Waals surface area contributed by atoms with Gasteiger partial charge >= 0.3 is 0 Å². The quantitative estimate of drug-likeness (QED) is 0.675. The lowest BCUT2D eigenvalue weighted by Gasteiger charge is -2.07. The second-order valence-corrected chi connectivity index (χ2v) is 6.76. The first-order valence-electron chi connectivity index (χ1n) is 7.23. The summed E-state index contributed by atoms with van der Waals surface area (Å²) in [6.07, 6.45) is 5.78. The number of hydrogen-bond acceptors (Lipinski definition) is 3. The molecule has 1 aromatic rings. The summed E-state index contributed by atoms with van der Waals surface area (Å²) < 4.78 is 27.1. The number of ether oxygens (including phenoxy) is 1. The van der Waals surface area contributed by atoms with Crippen molar-refractivity contribution in [1.82, 2.24) is 0 Å². The minimum absolute atomic E-state index is 0.0547. The number of hydrogen-bond donors (Lipinski definition) is 1. The van der Waals surface area contributed by atoms with Gasteiger partial charge in [0.25, 0.3) is 0 Å². The van der Waals surface area contributed by atoms with Crippen molar-refractivity contribution in [2.75, 3.05) is 12.4 Å². The molecule has 0 amide bonds. The Morgan fingerprint density at radius 1 is 1.05 bits per heavy atom. The average Bonchev–Trinajstić information content (AvgIpc) is 2.40. The van der Waals surface area contributed by atoms with Crippen LogP contribution in [0.5, 0.6) is 5.75 Å². The van der Waals surface area contributed by atoms with E-state index in [4.69, 9.17) is 9.88 Å². The summed E-state index contributed by atoms with van der Waals surface area (Å²) in [5.74, 6) is 0.927. The van der Waals surface area contributed by atoms with E-state index in [1.807, 2.05) is 12.1 Å². The monoisotopic (exact) mass is 299 g/mol. The Morgan fingerprint density at radius 2 is 1.75 bits per heavy atom. The van der Waals surface area contributed by atoms with Crippen LogP contribution in [0.1, 0.15) is 44.6 Å². The highest BCUT2D eigenvalue weighted by Crippen LogP contribution is 2.14. The van der Waals surface area contributed by atoms with Gasteiger partial charge in [0.1, 0.15) is 5.75 Å². The number of aryl methyl sites for hydroxylation is 1. The molecule has 0 heterocycles. The molecule has 0 aliphatic heterocycles. The highest BCUT2D eigenvalue weighted by Gasteiger charge is 2.01. The van der Waals surface area contributed by atoms with E-state index in [0.717, 1.165) is 25.0 Å². The number of unbranched alkanes of at least 4 members (excludes halogenated alkanes) is 3. The molecule has 0 aliphatic carbocycles. The standard InChI is InChI=1S/C15H25NO3S/c1-2-3-7-14-8-10-15(11-9-14)19-12-5-4-6-13-20(16,17)18/h8-11H,2-7,12-13H2,1H3,(H2,16,17,18). The molecule has 0 saturated carbocycles. The first-order chi connectivity index (χ1) is 9.51. The SMILES string of the molecule is CCCCc1ccc(OCCCCCS(N)(=O)=O)cc1. The second kappa shape index (κ2) is 8.97. The van der Waals surface area contributed by atoms with Crippen molar-refractivity contribution in [1.29, 1.82) is 0 Å². The van der Waals surface area contributed by atoms with Crippen LogP contribution in [0.2, 0.25) is 0 Å². The second-order valence-electron chi connectivity index (χ2n) is 5.02. The smallest absolute Gasteiger partial charge is 0.209 e. The Hall–Kier alpha value is -1.07. The van der Waals surface area contributed by atoms with Gasteiger partial charge in [-0.05, 0) is 49.8 Å². The highest BCUT2D eigenvalue weighted by molar-refractivity contribution is 7.89. The lowest BCUT2D eigenvalue weighted by atomic mass is 10.1. The van der Waals surface area contributed by atoms with E-state index in [-0.39, 0.29) is 5.75 Å². The Balaban J connectivity index is 2.16. The van der Waals surface area contributed by atoms with Crippen LogP contribution < -0.4 is 9.88 Å². The van der Waals surface area contributed by atoms with Gasteiger partial charge < -0.3 is 4.74 Å². The van der Waals surface area contributed by atoms with E-state index in [1.54, 1.807) is 0 Å². The molecule has 114 valence electrons. The molecule has 0 unspecified atom stereocenters. The Bertz CT molecular complexity index is 468. The Labute approximate surface area is 122 Å². The molecule has 0 saturated heterocycles. The van der Waals surface area contributed by atoms with Crippen LogP contribution in [0, 0.1) is 0 Å². The van der Waals surface area contributed by atoms with Gasteiger partial charge in [-0.1, -0.05) is 25.5 Å². The molecule has 0 radical (unpaired) electrons. The minimum atomic E-state index is -3.32. The van der Waals surface area contributed by atoms with Crippen LogP contribution in [-0.4, -0.2) is 20.8 Å². The maximum absolute atomic E-state index is 10.7. The molecule has 0 aromatic heterocycles. The van der Waals surface area contributed by atoms with Gasteiger partial charge in [0.05, 0.1) is 12.4 Å². The van der Waals surface area contributed by atoms with Gasteiger partial charge in [0, 0.05) is 0 Å². The molecule has 1 rings (SSSR count). The summed E-state index contributed by atoms with van der Waals surface area (Å²) in [5.41, 5.74) is 1.34. The minimum Gasteiger partial charge on any atom is -0.494 e. The predicted octanol–water partition coefficient (Wildman–Crippen LogP) is 2.87. The fraction of sp³-hybridized carbons (Fsp3) is 0.600. The highest BCUT2D eigenvalue weighted by atomic mass is 32.2. The molecule has 0 fully saturated rings. The Morgan fingerprint density at radius 3 is 2.35 bits per heavy atom. The van der Waals surface area contributed by atoms with Crippen LogP contribution in [0.15, 0.2) is 24.3 Å². The van der Waals surface area contributed by atoms with Gasteiger partial charge in [-0.3, -0.25) is 0 Å². The van der Waals surface area contributed by atoms with E-state index in [0.29, 0.717) is 13.0 Å². The zero-order chi connectivity index (χ0) is 14.8. The summed E-state index contributed by atoms with van der Waals surface area (Å²) in [7, 11) is -3.32. The van der Waals surface area contributed by atoms with Gasteiger partial charge in [-0.15, -0.1) is 0 Å². The molecule has 5 heteroatoms. The van der Waals surface area contributed by atoms with Crippen molar-refractivity contribution in [2.45, 2.75) is 45.4 Å². The lowest BCUT2D eigenvalue weighted by Crippen LogP contribution is -2.16. The summed E-state index contributed by atoms with van der Waals surface area (Å²) >= 11 is 0. The number of sulfonamides is 1. The normalized spacial score (nSPS) is 11.5. The number of rotatable bonds is 10. The molecule has 20 heavy (non-hydrogen) atoms. The third-order valence-electron chi connectivity index (χ3n) is 3.08. The van der Waals surface area contributed by atoms with Crippen molar-refractivity contribution in [3.8, 4) is 5.75 Å². The maximum atomic E-state index is 10.7. The molecular formula is C15H25NO3S. The number of benzene rings is 1. The van der Waals surface area contributed by atoms with Gasteiger partial charge in [0.15, 0.2) is 0 Å². The summed E-state index contributed by atoms with van der Waals surface area (Å²) in [4.78, 5) is 0. The van der Waals surface area contributed by atoms with Crippen molar-refractivity contribution < 1.29 is 13.2 Å². The van der Waals surface area contributed by atoms with E-state index >= 15 is 0 Å². The first kappa shape index (κ1) is 17.0. The van der Waals surface area contributed by atoms with E-state index in [2.05, 4.69) is 19.1 Å². The number of nitrogens with two attached hydrogens (primary N) is 1. The van der Waals surface area contributed by atoms with Gasteiger partial charge in [0.2, 0.25) is 10.0 Å². The fourth-order valence-electron chi connectivity index (χ4n) is 1.91. The van der Waals surface area contributed by atoms with E-state index < -0.39 is 10.0 Å². The van der Waals surface area contributed by atoms with Crippen LogP contribution in [0.25, 0.3) is 0 Å². The maximum Gasteiger partial charge on any atom is 0.209 e. The molecule has 2 N–H and O–H groups in total. The van der Waals surface area contributed by atoms with Crippen LogP contribution in [0.3, 0.4) is 0 Å². The zero-order valence-corrected chi connectivity index (χ0v) is 13.0. The molecule has 0 atom stereocenters. The third kappa shape index (κ3) is 8.17. The summed E-state index contributed by atoms with van der Waals surface area (Å²) in [6, 6.07) is 8.20. The van der Waals surface area contributed by atoms with Crippen molar-refractivity contribution >= 4 is 10.0 Å². The summed E-state index contributed by atoms with van der Waals surface area (Å²) in [5, 5.41) is 4.93. The van der Waals surface area contributed by atoms with Crippen LogP contribution >= 0.6 is 0 Å². The molecule has 0 aliphatic rings. The van der Waals surface area contributed by atoms with Crippen LogP contribution in [-0.2, 0) is 16.4 Å². The van der Waals surface area contributed by atoms with Crippen molar-refractivity contribution in [3.63, 3.8) is 0 Å². The zero-order valence-electron chi connectivity index (χ0n) is 12.2. The number of primary sulfonamides is 1. The molecular weight excluding hydrogens is 274 g/mol. The van der Waals surface area contributed by atoms with Crippen molar-refractivity contribution in [3.05, 3.63) is 29.8 Å². The summed E-state index contributed by atoms with van der Waals surface area (Å²) in [6.45, 7) is 2.80. The lowest BCUT2D eigenvalue weighted by molar-refractivity contribution is 0.306.